The molecule has 0 radical (unpaired) electrons. The van der Waals surface area contributed by atoms with Gasteiger partial charge in [-0.15, -0.1) is 0 Å². The zero-order valence-electron chi connectivity index (χ0n) is 9.89. The molecule has 2 nitrogen and oxygen atoms in total. The summed E-state index contributed by atoms with van der Waals surface area (Å²) < 4.78 is 1.12. The summed E-state index contributed by atoms with van der Waals surface area (Å²) >= 11 is 3.49. The molecule has 0 aliphatic rings. The minimum absolute atomic E-state index is 0.123. The van der Waals surface area contributed by atoms with E-state index < -0.39 is 0 Å². The van der Waals surface area contributed by atoms with Gasteiger partial charge in [0.05, 0.1) is 0 Å². The number of nitrogens with one attached hydrogen (secondary N) is 2. The molecule has 0 unspecified atom stereocenters. The number of hydrogen-bond acceptors (Lipinski definition) is 1. The Hall–Kier alpha value is -0.800. The Morgan fingerprint density at radius 2 is 2.06 bits per heavy atom. The van der Waals surface area contributed by atoms with Crippen LogP contribution in [-0.2, 0) is 6.42 Å². The van der Waals surface area contributed by atoms with Gasteiger partial charge >= 0.3 is 0 Å². The monoisotopic (exact) mass is 280 g/mol. The third-order valence-electron chi connectivity index (χ3n) is 2.95. The highest BCUT2D eigenvalue weighted by Gasteiger charge is 2.16. The molecule has 0 atom stereocenters. The lowest BCUT2D eigenvalue weighted by atomic mass is 9.99. The Kier molecular flexibility index (Phi) is 3.08. The van der Waals surface area contributed by atoms with Crippen LogP contribution in [0.5, 0.6) is 0 Å². The molecule has 0 fully saturated rings. The summed E-state index contributed by atoms with van der Waals surface area (Å²) in [6.07, 6.45) is 0.996. The molecule has 2 rings (SSSR count). The van der Waals surface area contributed by atoms with Gasteiger partial charge in [-0.2, -0.15) is 0 Å². The summed E-state index contributed by atoms with van der Waals surface area (Å²) in [6, 6.07) is 8.53. The summed E-state index contributed by atoms with van der Waals surface area (Å²) in [5, 5.41) is 4.58. The summed E-state index contributed by atoms with van der Waals surface area (Å²) in [5.41, 5.74) is 2.59. The molecular formula is C13H17BrN2. The minimum Gasteiger partial charge on any atom is -0.358 e. The average molecular weight is 281 g/mol. The van der Waals surface area contributed by atoms with E-state index >= 15 is 0 Å². The van der Waals surface area contributed by atoms with Crippen molar-refractivity contribution in [2.45, 2.75) is 25.8 Å². The fourth-order valence-corrected chi connectivity index (χ4v) is 2.20. The molecule has 0 aliphatic carbocycles. The Morgan fingerprint density at radius 3 is 2.75 bits per heavy atom. The molecule has 2 aromatic rings. The second-order valence-corrected chi connectivity index (χ2v) is 5.75. The standard InChI is InChI=1S/C13H17BrN2/c1-13(2,15-3)8-11-7-9-6-10(14)4-5-12(9)16-11/h4-7,15-16H,8H2,1-3H3. The van der Waals surface area contributed by atoms with Crippen LogP contribution < -0.4 is 5.32 Å². The van der Waals surface area contributed by atoms with Crippen molar-refractivity contribution in [2.75, 3.05) is 7.05 Å². The lowest BCUT2D eigenvalue weighted by Gasteiger charge is -2.22. The molecule has 0 amide bonds. The maximum atomic E-state index is 3.49. The fourth-order valence-electron chi connectivity index (χ4n) is 1.82. The van der Waals surface area contributed by atoms with Crippen molar-refractivity contribution >= 4 is 26.8 Å². The number of hydrogen-bond donors (Lipinski definition) is 2. The topological polar surface area (TPSA) is 27.8 Å². The number of rotatable bonds is 3. The van der Waals surface area contributed by atoms with Gasteiger partial charge in [-0.25, -0.2) is 0 Å². The first-order valence-electron chi connectivity index (χ1n) is 5.46. The Bertz CT molecular complexity index is 500. The van der Waals surface area contributed by atoms with Crippen LogP contribution in [0.25, 0.3) is 10.9 Å². The number of H-pyrrole nitrogens is 1. The van der Waals surface area contributed by atoms with Crippen molar-refractivity contribution in [3.05, 3.63) is 34.4 Å². The van der Waals surface area contributed by atoms with Crippen molar-refractivity contribution < 1.29 is 0 Å². The first-order chi connectivity index (χ1) is 7.50. The van der Waals surface area contributed by atoms with E-state index in [2.05, 4.69) is 64.3 Å². The van der Waals surface area contributed by atoms with E-state index in [1.54, 1.807) is 0 Å². The third-order valence-corrected chi connectivity index (χ3v) is 3.44. The van der Waals surface area contributed by atoms with E-state index in [-0.39, 0.29) is 5.54 Å². The van der Waals surface area contributed by atoms with Crippen LogP contribution in [0.3, 0.4) is 0 Å². The van der Waals surface area contributed by atoms with Crippen molar-refractivity contribution in [2.24, 2.45) is 0 Å². The molecule has 1 heterocycles. The Morgan fingerprint density at radius 1 is 1.31 bits per heavy atom. The largest absolute Gasteiger partial charge is 0.358 e. The predicted octanol–water partition coefficient (Wildman–Crippen LogP) is 3.47. The van der Waals surface area contributed by atoms with Gasteiger partial charge in [0, 0.05) is 33.0 Å². The molecule has 1 aromatic heterocycles. The molecule has 0 bridgehead atoms. The van der Waals surface area contributed by atoms with Gasteiger partial charge in [-0.3, -0.25) is 0 Å². The first-order valence-corrected chi connectivity index (χ1v) is 6.25. The van der Waals surface area contributed by atoms with E-state index in [0.717, 1.165) is 10.9 Å². The third kappa shape index (κ3) is 2.47. The zero-order valence-corrected chi connectivity index (χ0v) is 11.5. The van der Waals surface area contributed by atoms with Crippen LogP contribution in [0.15, 0.2) is 28.7 Å². The molecule has 2 N–H and O–H groups in total. The molecule has 0 spiro atoms. The maximum absolute atomic E-state index is 3.49. The van der Waals surface area contributed by atoms with E-state index in [4.69, 9.17) is 0 Å². The highest BCUT2D eigenvalue weighted by molar-refractivity contribution is 9.10. The number of aromatic nitrogens is 1. The van der Waals surface area contributed by atoms with Crippen molar-refractivity contribution in [3.8, 4) is 0 Å². The quantitative estimate of drug-likeness (QED) is 0.885. The first kappa shape index (κ1) is 11.7. The van der Waals surface area contributed by atoms with Crippen LogP contribution in [0, 0.1) is 0 Å². The zero-order chi connectivity index (χ0) is 11.8. The molecule has 16 heavy (non-hydrogen) atoms. The Labute approximate surface area is 105 Å². The number of benzene rings is 1. The van der Waals surface area contributed by atoms with Gasteiger partial charge in [0.15, 0.2) is 0 Å². The van der Waals surface area contributed by atoms with Gasteiger partial charge in [-0.1, -0.05) is 15.9 Å². The minimum atomic E-state index is 0.123. The molecule has 86 valence electrons. The maximum Gasteiger partial charge on any atom is 0.0456 e. The lowest BCUT2D eigenvalue weighted by Crippen LogP contribution is -2.38. The molecular weight excluding hydrogens is 264 g/mol. The SMILES string of the molecule is CNC(C)(C)Cc1cc2cc(Br)ccc2[nH]1. The van der Waals surface area contributed by atoms with E-state index in [1.165, 1.54) is 16.6 Å². The second kappa shape index (κ2) is 4.22. The highest BCUT2D eigenvalue weighted by atomic mass is 79.9. The second-order valence-electron chi connectivity index (χ2n) is 4.84. The number of likely N-dealkylation sites (N-methyl/N-ethyl adjacent to an activating group) is 1. The summed E-state index contributed by atoms with van der Waals surface area (Å²) in [4.78, 5) is 3.45. The van der Waals surface area contributed by atoms with E-state index in [0.29, 0.717) is 0 Å². The lowest BCUT2D eigenvalue weighted by molar-refractivity contribution is 0.419. The summed E-state index contributed by atoms with van der Waals surface area (Å²) in [5.74, 6) is 0. The van der Waals surface area contributed by atoms with E-state index in [1.807, 2.05) is 7.05 Å². The fraction of sp³-hybridized carbons (Fsp3) is 0.385. The molecule has 0 aliphatic heterocycles. The summed E-state index contributed by atoms with van der Waals surface area (Å²) in [6.45, 7) is 4.41. The summed E-state index contributed by atoms with van der Waals surface area (Å²) in [7, 11) is 2.00. The van der Waals surface area contributed by atoms with Gasteiger partial charge in [-0.05, 0) is 45.2 Å². The van der Waals surface area contributed by atoms with E-state index in [9.17, 15) is 0 Å². The van der Waals surface area contributed by atoms with Crippen LogP contribution in [0.2, 0.25) is 0 Å². The van der Waals surface area contributed by atoms with Gasteiger partial charge in [0.25, 0.3) is 0 Å². The normalized spacial score (nSPS) is 12.2. The Balaban J connectivity index is 2.33. The van der Waals surface area contributed by atoms with Gasteiger partial charge < -0.3 is 10.3 Å². The number of fused-ring (bicyclic) bond motifs is 1. The van der Waals surface area contributed by atoms with Crippen LogP contribution >= 0.6 is 15.9 Å². The molecule has 3 heteroatoms. The predicted molar refractivity (Wildman–Crippen MR) is 72.8 cm³/mol. The van der Waals surface area contributed by atoms with Crippen molar-refractivity contribution in [3.63, 3.8) is 0 Å². The van der Waals surface area contributed by atoms with Crippen LogP contribution in [0.1, 0.15) is 19.5 Å². The highest BCUT2D eigenvalue weighted by Crippen LogP contribution is 2.22. The van der Waals surface area contributed by atoms with Crippen molar-refractivity contribution in [1.82, 2.24) is 10.3 Å². The number of aromatic amines is 1. The van der Waals surface area contributed by atoms with Crippen LogP contribution in [-0.4, -0.2) is 17.6 Å². The van der Waals surface area contributed by atoms with Crippen LogP contribution in [0.4, 0.5) is 0 Å². The smallest absolute Gasteiger partial charge is 0.0456 e. The van der Waals surface area contributed by atoms with Gasteiger partial charge in [0.2, 0.25) is 0 Å². The van der Waals surface area contributed by atoms with Crippen molar-refractivity contribution in [1.29, 1.82) is 0 Å². The number of halogens is 1. The molecule has 0 saturated carbocycles. The molecule has 1 aromatic carbocycles. The molecule has 0 saturated heterocycles. The van der Waals surface area contributed by atoms with Gasteiger partial charge in [0.1, 0.15) is 0 Å². The average Bonchev–Trinajstić information content (AvgIpc) is 2.58.